The van der Waals surface area contributed by atoms with Crippen molar-refractivity contribution in [2.75, 3.05) is 0 Å². The molecule has 0 aliphatic heterocycles. The molecule has 0 radical (unpaired) electrons. The van der Waals surface area contributed by atoms with Crippen LogP contribution in [0.25, 0.3) is 11.3 Å². The standard InChI is InChI=1S/C18H18N4O2/c1-12(18(23)21-19)16-11-20-22-17(16)13-7-9-15(10-8-13)24-14-5-3-2-4-6-14/h2-12H,19H2,1H3,(H,20,22)(H,21,23). The van der Waals surface area contributed by atoms with Crippen LogP contribution in [-0.2, 0) is 4.79 Å². The van der Waals surface area contributed by atoms with E-state index in [4.69, 9.17) is 10.6 Å². The normalized spacial score (nSPS) is 11.8. The van der Waals surface area contributed by atoms with E-state index in [1.807, 2.05) is 54.6 Å². The number of aromatic amines is 1. The summed E-state index contributed by atoms with van der Waals surface area (Å²) < 4.78 is 5.78. The molecule has 0 saturated heterocycles. The van der Waals surface area contributed by atoms with Gasteiger partial charge >= 0.3 is 0 Å². The average molecular weight is 322 g/mol. The van der Waals surface area contributed by atoms with Crippen molar-refractivity contribution in [3.05, 3.63) is 66.4 Å². The van der Waals surface area contributed by atoms with Crippen LogP contribution in [0.3, 0.4) is 0 Å². The van der Waals surface area contributed by atoms with Crippen molar-refractivity contribution in [3.63, 3.8) is 0 Å². The Hall–Kier alpha value is -3.12. The van der Waals surface area contributed by atoms with E-state index in [9.17, 15) is 4.79 Å². The smallest absolute Gasteiger partial charge is 0.241 e. The summed E-state index contributed by atoms with van der Waals surface area (Å²) in [5.41, 5.74) is 4.66. The van der Waals surface area contributed by atoms with Crippen LogP contribution in [-0.4, -0.2) is 16.1 Å². The number of nitrogens with one attached hydrogen (secondary N) is 2. The summed E-state index contributed by atoms with van der Waals surface area (Å²) in [6.07, 6.45) is 1.64. The van der Waals surface area contributed by atoms with E-state index < -0.39 is 5.92 Å². The fraction of sp³-hybridized carbons (Fsp3) is 0.111. The third-order valence-electron chi connectivity index (χ3n) is 3.79. The van der Waals surface area contributed by atoms with Gasteiger partial charge in [0.2, 0.25) is 5.91 Å². The van der Waals surface area contributed by atoms with Gasteiger partial charge in [0.15, 0.2) is 0 Å². The highest BCUT2D eigenvalue weighted by Gasteiger charge is 2.20. The zero-order valence-electron chi connectivity index (χ0n) is 13.2. The average Bonchev–Trinajstić information content (AvgIpc) is 3.11. The van der Waals surface area contributed by atoms with Crippen molar-refractivity contribution in [1.82, 2.24) is 15.6 Å². The van der Waals surface area contributed by atoms with Crippen LogP contribution < -0.4 is 16.0 Å². The third kappa shape index (κ3) is 3.28. The first-order valence-electron chi connectivity index (χ1n) is 7.56. The molecule has 2 aromatic carbocycles. The summed E-state index contributed by atoms with van der Waals surface area (Å²) in [7, 11) is 0. The number of hydrogen-bond acceptors (Lipinski definition) is 4. The second-order valence-corrected chi connectivity index (χ2v) is 5.37. The molecule has 1 aromatic heterocycles. The minimum Gasteiger partial charge on any atom is -0.457 e. The maximum atomic E-state index is 11.8. The lowest BCUT2D eigenvalue weighted by Gasteiger charge is -2.11. The Morgan fingerprint density at radius 2 is 1.79 bits per heavy atom. The largest absolute Gasteiger partial charge is 0.457 e. The SMILES string of the molecule is CC(C(=O)NN)c1cn[nH]c1-c1ccc(Oc2ccccc2)cc1. The van der Waals surface area contributed by atoms with Crippen molar-refractivity contribution in [2.45, 2.75) is 12.8 Å². The monoisotopic (exact) mass is 322 g/mol. The fourth-order valence-corrected chi connectivity index (χ4v) is 2.44. The van der Waals surface area contributed by atoms with E-state index in [1.165, 1.54) is 0 Å². The first kappa shape index (κ1) is 15.8. The molecule has 0 bridgehead atoms. The molecule has 0 saturated carbocycles. The van der Waals surface area contributed by atoms with Crippen LogP contribution in [0.15, 0.2) is 60.8 Å². The van der Waals surface area contributed by atoms with Crippen LogP contribution >= 0.6 is 0 Å². The van der Waals surface area contributed by atoms with Gasteiger partial charge in [0.1, 0.15) is 11.5 Å². The minimum atomic E-state index is -0.399. The lowest BCUT2D eigenvalue weighted by molar-refractivity contribution is -0.122. The number of H-pyrrole nitrogens is 1. The van der Waals surface area contributed by atoms with Gasteiger partial charge in [-0.3, -0.25) is 15.3 Å². The molecule has 0 aliphatic rings. The summed E-state index contributed by atoms with van der Waals surface area (Å²) in [5.74, 6) is 6.07. The number of carbonyl (C=O) groups excluding carboxylic acids is 1. The number of hydrazine groups is 1. The maximum absolute atomic E-state index is 11.8. The summed E-state index contributed by atoms with van der Waals surface area (Å²) >= 11 is 0. The Morgan fingerprint density at radius 1 is 1.12 bits per heavy atom. The lowest BCUT2D eigenvalue weighted by Crippen LogP contribution is -2.33. The van der Waals surface area contributed by atoms with Crippen molar-refractivity contribution < 1.29 is 9.53 Å². The highest BCUT2D eigenvalue weighted by atomic mass is 16.5. The van der Waals surface area contributed by atoms with Crippen LogP contribution in [0.2, 0.25) is 0 Å². The number of nitrogens with zero attached hydrogens (tertiary/aromatic N) is 1. The number of aromatic nitrogens is 2. The molecule has 0 spiro atoms. The van der Waals surface area contributed by atoms with Gasteiger partial charge in [0.05, 0.1) is 17.8 Å². The van der Waals surface area contributed by atoms with E-state index in [0.29, 0.717) is 0 Å². The van der Waals surface area contributed by atoms with Crippen molar-refractivity contribution in [1.29, 1.82) is 0 Å². The van der Waals surface area contributed by atoms with E-state index in [2.05, 4.69) is 15.6 Å². The number of para-hydroxylation sites is 1. The van der Waals surface area contributed by atoms with Gasteiger partial charge in [0.25, 0.3) is 0 Å². The molecule has 0 aliphatic carbocycles. The number of rotatable bonds is 5. The van der Waals surface area contributed by atoms with Gasteiger partial charge in [-0.25, -0.2) is 5.84 Å². The summed E-state index contributed by atoms with van der Waals surface area (Å²) in [5, 5.41) is 6.99. The third-order valence-corrected chi connectivity index (χ3v) is 3.79. The highest BCUT2D eigenvalue weighted by Crippen LogP contribution is 2.29. The Bertz CT molecular complexity index is 813. The van der Waals surface area contributed by atoms with Crippen molar-refractivity contribution >= 4 is 5.91 Å². The first-order chi connectivity index (χ1) is 11.7. The first-order valence-corrected chi connectivity index (χ1v) is 7.56. The van der Waals surface area contributed by atoms with Gasteiger partial charge in [-0.2, -0.15) is 5.10 Å². The highest BCUT2D eigenvalue weighted by molar-refractivity contribution is 5.85. The van der Waals surface area contributed by atoms with E-state index in [0.717, 1.165) is 28.3 Å². The molecule has 0 fully saturated rings. The molecule has 3 rings (SSSR count). The Morgan fingerprint density at radius 3 is 2.46 bits per heavy atom. The predicted molar refractivity (Wildman–Crippen MR) is 91.3 cm³/mol. The zero-order valence-corrected chi connectivity index (χ0v) is 13.2. The van der Waals surface area contributed by atoms with Gasteiger partial charge in [-0.15, -0.1) is 0 Å². The molecule has 1 unspecified atom stereocenters. The second kappa shape index (κ2) is 6.97. The molecule has 1 atom stereocenters. The van der Waals surface area contributed by atoms with Gasteiger partial charge in [0, 0.05) is 11.1 Å². The Balaban J connectivity index is 1.82. The second-order valence-electron chi connectivity index (χ2n) is 5.37. The Labute approximate surface area is 139 Å². The molecule has 24 heavy (non-hydrogen) atoms. The number of hydrogen-bond donors (Lipinski definition) is 3. The number of amides is 1. The topological polar surface area (TPSA) is 93.0 Å². The van der Waals surface area contributed by atoms with Crippen molar-refractivity contribution in [3.8, 4) is 22.8 Å². The predicted octanol–water partition coefficient (Wildman–Crippen LogP) is 2.96. The molecule has 6 nitrogen and oxygen atoms in total. The van der Waals surface area contributed by atoms with Crippen LogP contribution in [0, 0.1) is 0 Å². The fourth-order valence-electron chi connectivity index (χ4n) is 2.44. The number of nitrogens with two attached hydrogens (primary N) is 1. The minimum absolute atomic E-state index is 0.262. The molecule has 4 N–H and O–H groups in total. The summed E-state index contributed by atoms with van der Waals surface area (Å²) in [6.45, 7) is 1.78. The molecule has 1 heterocycles. The van der Waals surface area contributed by atoms with Crippen LogP contribution in [0.5, 0.6) is 11.5 Å². The van der Waals surface area contributed by atoms with Crippen molar-refractivity contribution in [2.24, 2.45) is 5.84 Å². The molecule has 3 aromatic rings. The van der Waals surface area contributed by atoms with E-state index >= 15 is 0 Å². The van der Waals surface area contributed by atoms with Crippen LogP contribution in [0.4, 0.5) is 0 Å². The maximum Gasteiger partial charge on any atom is 0.241 e. The van der Waals surface area contributed by atoms with Gasteiger partial charge < -0.3 is 4.74 Å². The molecular weight excluding hydrogens is 304 g/mol. The van der Waals surface area contributed by atoms with E-state index in [1.54, 1.807) is 13.1 Å². The number of ether oxygens (including phenoxy) is 1. The summed E-state index contributed by atoms with van der Waals surface area (Å²) in [4.78, 5) is 11.8. The molecule has 122 valence electrons. The van der Waals surface area contributed by atoms with Crippen LogP contribution in [0.1, 0.15) is 18.4 Å². The number of benzene rings is 2. The van der Waals surface area contributed by atoms with E-state index in [-0.39, 0.29) is 5.91 Å². The quantitative estimate of drug-likeness (QED) is 0.382. The Kier molecular flexibility index (Phi) is 4.58. The summed E-state index contributed by atoms with van der Waals surface area (Å²) in [6, 6.07) is 17.2. The number of carbonyl (C=O) groups is 1. The molecular formula is C18H18N4O2. The lowest BCUT2D eigenvalue weighted by atomic mass is 9.97. The van der Waals surface area contributed by atoms with Gasteiger partial charge in [-0.1, -0.05) is 18.2 Å². The van der Waals surface area contributed by atoms with Gasteiger partial charge in [-0.05, 0) is 43.3 Å². The molecule has 1 amide bonds. The zero-order chi connectivity index (χ0) is 16.9. The molecule has 6 heteroatoms.